The predicted octanol–water partition coefficient (Wildman–Crippen LogP) is 2.68. The van der Waals surface area contributed by atoms with Crippen molar-refractivity contribution >= 4 is 56.9 Å². The molecule has 1 aliphatic heterocycles. The van der Waals surface area contributed by atoms with Crippen LogP contribution in [0.3, 0.4) is 0 Å². The van der Waals surface area contributed by atoms with Crippen molar-refractivity contribution in [1.29, 1.82) is 0 Å². The van der Waals surface area contributed by atoms with Crippen LogP contribution < -0.4 is 20.1 Å². The van der Waals surface area contributed by atoms with Gasteiger partial charge in [0.25, 0.3) is 5.91 Å². The van der Waals surface area contributed by atoms with Crippen LogP contribution >= 0.6 is 27.7 Å². The van der Waals surface area contributed by atoms with Gasteiger partial charge in [-0.2, -0.15) is 5.10 Å². The number of carboxylic acids is 1. The Morgan fingerprint density at radius 3 is 2.76 bits per heavy atom. The van der Waals surface area contributed by atoms with E-state index in [9.17, 15) is 14.4 Å². The van der Waals surface area contributed by atoms with Gasteiger partial charge in [-0.1, -0.05) is 31.0 Å². The fraction of sp³-hybridized carbons (Fsp3) is 0.476. The number of hydrogen-bond acceptors (Lipinski definition) is 8. The number of nitrogens with one attached hydrogen (secondary N) is 2. The summed E-state index contributed by atoms with van der Waals surface area (Å²) in [6.07, 6.45) is 6.65. The summed E-state index contributed by atoms with van der Waals surface area (Å²) in [7, 11) is 1.49. The second kappa shape index (κ2) is 12.0. The summed E-state index contributed by atoms with van der Waals surface area (Å²) in [5.74, 6) is -0.811. The first-order chi connectivity index (χ1) is 15.9. The molecule has 178 valence electrons. The molecule has 0 radical (unpaired) electrons. The number of nitrogens with zero attached hydrogens (tertiary/aromatic N) is 2. The first-order valence-corrected chi connectivity index (χ1v) is 12.1. The van der Waals surface area contributed by atoms with E-state index in [4.69, 9.17) is 14.6 Å². The van der Waals surface area contributed by atoms with Gasteiger partial charge in [0.05, 0.1) is 19.7 Å². The van der Waals surface area contributed by atoms with E-state index in [-0.39, 0.29) is 30.1 Å². The quantitative estimate of drug-likeness (QED) is 0.323. The molecule has 33 heavy (non-hydrogen) atoms. The number of benzene rings is 1. The average molecular weight is 541 g/mol. The minimum Gasteiger partial charge on any atom is -0.493 e. The lowest BCUT2D eigenvalue weighted by molar-refractivity contribution is -0.138. The number of ether oxygens (including phenoxy) is 2. The summed E-state index contributed by atoms with van der Waals surface area (Å²) in [6, 6.07) is 3.57. The number of rotatable bonds is 9. The van der Waals surface area contributed by atoms with E-state index in [1.807, 2.05) is 0 Å². The second-order valence-corrected chi connectivity index (χ2v) is 9.60. The van der Waals surface area contributed by atoms with Crippen LogP contribution in [-0.4, -0.2) is 59.3 Å². The molecule has 3 rings (SSSR count). The molecule has 2 aliphatic rings. The third-order valence-electron chi connectivity index (χ3n) is 5.09. The number of aliphatic carboxylic acids is 1. The molecule has 1 atom stereocenters. The summed E-state index contributed by atoms with van der Waals surface area (Å²) in [6.45, 7) is -0.116. The van der Waals surface area contributed by atoms with Gasteiger partial charge in [0, 0.05) is 16.1 Å². The summed E-state index contributed by atoms with van der Waals surface area (Å²) < 4.78 is 11.7. The second-order valence-electron chi connectivity index (χ2n) is 7.56. The van der Waals surface area contributed by atoms with Crippen molar-refractivity contribution in [3.63, 3.8) is 0 Å². The maximum absolute atomic E-state index is 12.2. The molecule has 3 N–H and O–H groups in total. The van der Waals surface area contributed by atoms with Gasteiger partial charge in [-0.3, -0.25) is 14.4 Å². The lowest BCUT2D eigenvalue weighted by atomic mass is 9.95. The standard InChI is InChI=1S/C21H25BrN4O6S/c1-31-15-7-12(10-23-26-21-25-20(30)17(33-21)9-19(28)29)14(22)8-16(15)32-11-18(27)24-13-5-3-2-4-6-13/h7-8,10,13,17H,2-6,9,11H2,1H3,(H,24,27)(H,28,29)(H,25,26,30). The molecule has 12 heteroatoms. The number of amidine groups is 1. The van der Waals surface area contributed by atoms with Crippen molar-refractivity contribution < 1.29 is 29.0 Å². The van der Waals surface area contributed by atoms with Gasteiger partial charge in [-0.15, -0.1) is 5.10 Å². The average Bonchev–Trinajstić information content (AvgIpc) is 3.12. The molecule has 1 aliphatic carbocycles. The van der Waals surface area contributed by atoms with Crippen LogP contribution in [0.4, 0.5) is 0 Å². The number of amides is 2. The zero-order chi connectivity index (χ0) is 23.8. The largest absolute Gasteiger partial charge is 0.493 e. The van der Waals surface area contributed by atoms with Gasteiger partial charge in [-0.25, -0.2) is 0 Å². The van der Waals surface area contributed by atoms with Gasteiger partial charge in [0.1, 0.15) is 5.25 Å². The molecule has 10 nitrogen and oxygen atoms in total. The molecule has 0 spiro atoms. The molecule has 1 aromatic rings. The monoisotopic (exact) mass is 540 g/mol. The number of carboxylic acid groups (broad SMARTS) is 1. The summed E-state index contributed by atoms with van der Waals surface area (Å²) in [5.41, 5.74) is 0.631. The molecule has 1 unspecified atom stereocenters. The van der Waals surface area contributed by atoms with Gasteiger partial charge >= 0.3 is 5.97 Å². The number of thioether (sulfide) groups is 1. The highest BCUT2D eigenvalue weighted by Crippen LogP contribution is 2.33. The van der Waals surface area contributed by atoms with E-state index in [0.29, 0.717) is 21.5 Å². The first kappa shape index (κ1) is 25.0. The predicted molar refractivity (Wildman–Crippen MR) is 128 cm³/mol. The Labute approximate surface area is 203 Å². The number of carbonyl (C=O) groups excluding carboxylic acids is 2. The molecule has 2 fully saturated rings. The van der Waals surface area contributed by atoms with Gasteiger partial charge in [0.15, 0.2) is 23.3 Å². The fourth-order valence-corrected chi connectivity index (χ4v) is 4.81. The molecule has 0 bridgehead atoms. The van der Waals surface area contributed by atoms with Crippen LogP contribution in [0.1, 0.15) is 44.1 Å². The molecule has 1 saturated carbocycles. The van der Waals surface area contributed by atoms with E-state index in [1.54, 1.807) is 12.1 Å². The molecule has 2 amide bonds. The van der Waals surface area contributed by atoms with Gasteiger partial charge < -0.3 is 25.2 Å². The van der Waals surface area contributed by atoms with Crippen LogP contribution in [0.15, 0.2) is 26.8 Å². The van der Waals surface area contributed by atoms with E-state index < -0.39 is 17.1 Å². The molecular weight excluding hydrogens is 516 g/mol. The molecule has 1 saturated heterocycles. The zero-order valence-corrected chi connectivity index (χ0v) is 20.4. The number of halogens is 1. The van der Waals surface area contributed by atoms with Crippen LogP contribution in [0.25, 0.3) is 0 Å². The Hall–Kier alpha value is -2.60. The summed E-state index contributed by atoms with van der Waals surface area (Å²) in [4.78, 5) is 34.8. The molecule has 1 aromatic carbocycles. The zero-order valence-electron chi connectivity index (χ0n) is 18.0. The normalized spacial score (nSPS) is 20.1. The van der Waals surface area contributed by atoms with Crippen LogP contribution in [0.2, 0.25) is 0 Å². The molecular formula is C21H25BrN4O6S. The topological polar surface area (TPSA) is 139 Å². The first-order valence-electron chi connectivity index (χ1n) is 10.5. The maximum Gasteiger partial charge on any atom is 0.305 e. The third-order valence-corrected chi connectivity index (χ3v) is 6.85. The van der Waals surface area contributed by atoms with Crippen molar-refractivity contribution in [2.75, 3.05) is 13.7 Å². The van der Waals surface area contributed by atoms with E-state index in [0.717, 1.165) is 37.4 Å². The van der Waals surface area contributed by atoms with Gasteiger partial charge in [0.2, 0.25) is 5.91 Å². The number of hydrogen-bond donors (Lipinski definition) is 3. The lowest BCUT2D eigenvalue weighted by Gasteiger charge is -2.22. The number of carbonyl (C=O) groups is 3. The van der Waals surface area contributed by atoms with Crippen LogP contribution in [-0.2, 0) is 14.4 Å². The summed E-state index contributed by atoms with van der Waals surface area (Å²) in [5, 5.41) is 21.8. The Morgan fingerprint density at radius 1 is 1.30 bits per heavy atom. The third kappa shape index (κ3) is 7.46. The Morgan fingerprint density at radius 2 is 2.06 bits per heavy atom. The fourth-order valence-electron chi connectivity index (χ4n) is 3.47. The SMILES string of the molecule is COc1cc(C=NN=C2NC(=O)C(CC(=O)O)S2)c(Br)cc1OCC(=O)NC1CCCCC1. The minimum absolute atomic E-state index is 0.116. The highest BCUT2D eigenvalue weighted by molar-refractivity contribution is 9.10. The van der Waals surface area contributed by atoms with Crippen molar-refractivity contribution in [3.8, 4) is 11.5 Å². The Kier molecular flexibility index (Phi) is 9.12. The van der Waals surface area contributed by atoms with Crippen molar-refractivity contribution in [2.24, 2.45) is 10.2 Å². The Bertz CT molecular complexity index is 964. The van der Waals surface area contributed by atoms with E-state index in [1.165, 1.54) is 19.7 Å². The highest BCUT2D eigenvalue weighted by Gasteiger charge is 2.32. The molecule has 0 aromatic heterocycles. The van der Waals surface area contributed by atoms with Crippen molar-refractivity contribution in [3.05, 3.63) is 22.2 Å². The highest BCUT2D eigenvalue weighted by atomic mass is 79.9. The van der Waals surface area contributed by atoms with E-state index >= 15 is 0 Å². The number of methoxy groups -OCH3 is 1. The smallest absolute Gasteiger partial charge is 0.305 e. The van der Waals surface area contributed by atoms with Gasteiger partial charge in [-0.05, 0) is 40.9 Å². The van der Waals surface area contributed by atoms with E-state index in [2.05, 4.69) is 36.8 Å². The lowest BCUT2D eigenvalue weighted by Crippen LogP contribution is -2.39. The minimum atomic E-state index is -1.06. The van der Waals surface area contributed by atoms with Crippen LogP contribution in [0, 0.1) is 0 Å². The van der Waals surface area contributed by atoms with Crippen LogP contribution in [0.5, 0.6) is 11.5 Å². The Balaban J connectivity index is 1.59. The maximum atomic E-state index is 12.2. The van der Waals surface area contributed by atoms with Crippen molar-refractivity contribution in [1.82, 2.24) is 10.6 Å². The molecule has 1 heterocycles. The van der Waals surface area contributed by atoms with Crippen molar-refractivity contribution in [2.45, 2.75) is 49.8 Å². The summed E-state index contributed by atoms with van der Waals surface area (Å²) >= 11 is 4.46.